The highest BCUT2D eigenvalue weighted by Crippen LogP contribution is 2.34. The van der Waals surface area contributed by atoms with E-state index in [1.54, 1.807) is 42.1 Å². The maximum atomic E-state index is 14.0. The van der Waals surface area contributed by atoms with Crippen LogP contribution in [0.4, 0.5) is 0 Å². The van der Waals surface area contributed by atoms with Crippen LogP contribution in [0.3, 0.4) is 0 Å². The zero-order chi connectivity index (χ0) is 26.0. The van der Waals surface area contributed by atoms with Gasteiger partial charge < -0.3 is 9.47 Å². The van der Waals surface area contributed by atoms with E-state index in [2.05, 4.69) is 11.9 Å². The number of nitrogens with one attached hydrogen (secondary N) is 1. The third-order valence-corrected chi connectivity index (χ3v) is 8.24. The van der Waals surface area contributed by atoms with Crippen LogP contribution < -0.4 is 10.2 Å². The molecular formula is C26H38ClN3O6S. The molecule has 0 unspecified atom stereocenters. The summed E-state index contributed by atoms with van der Waals surface area (Å²) in [5, 5.41) is 9.60. The molecule has 0 aliphatic heterocycles. The molecule has 37 heavy (non-hydrogen) atoms. The number of hydrogen-bond donors (Lipinski definition) is 2. The minimum Gasteiger partial charge on any atom is -0.494 e. The smallest absolute Gasteiger partial charge is 0.262 e. The molecular weight excluding hydrogens is 518 g/mol. The van der Waals surface area contributed by atoms with E-state index in [0.29, 0.717) is 37.4 Å². The average Bonchev–Trinajstić information content (AvgIpc) is 2.91. The number of pyridine rings is 1. The second-order valence-electron chi connectivity index (χ2n) is 9.05. The van der Waals surface area contributed by atoms with Crippen molar-refractivity contribution in [2.45, 2.75) is 76.0 Å². The number of nitrogens with zero attached hydrogens (tertiary/aromatic N) is 2. The number of benzene rings is 1. The van der Waals surface area contributed by atoms with E-state index in [9.17, 15) is 18.4 Å². The van der Waals surface area contributed by atoms with Crippen LogP contribution in [0.5, 0.6) is 5.75 Å². The number of carbonyl (C=O) groups is 1. The third-order valence-electron chi connectivity index (χ3n) is 6.40. The predicted molar refractivity (Wildman–Crippen MR) is 142 cm³/mol. The molecule has 0 saturated heterocycles. The van der Waals surface area contributed by atoms with Crippen molar-refractivity contribution in [3.05, 3.63) is 54.4 Å². The van der Waals surface area contributed by atoms with Gasteiger partial charge in [0.05, 0.1) is 17.6 Å². The summed E-state index contributed by atoms with van der Waals surface area (Å²) >= 11 is 0. The number of halogens is 1. The van der Waals surface area contributed by atoms with Crippen LogP contribution in [0.1, 0.15) is 57.9 Å². The van der Waals surface area contributed by atoms with Crippen molar-refractivity contribution in [3.8, 4) is 5.75 Å². The monoisotopic (exact) mass is 555 g/mol. The summed E-state index contributed by atoms with van der Waals surface area (Å²) < 4.78 is 40.6. The summed E-state index contributed by atoms with van der Waals surface area (Å²) in [4.78, 5) is 17.1. The van der Waals surface area contributed by atoms with E-state index in [1.165, 1.54) is 16.4 Å². The molecule has 1 amide bonds. The number of amides is 1. The lowest BCUT2D eigenvalue weighted by molar-refractivity contribution is -0.136. The maximum absolute atomic E-state index is 14.0. The molecule has 1 saturated carbocycles. The van der Waals surface area contributed by atoms with Crippen molar-refractivity contribution >= 4 is 28.3 Å². The molecule has 0 spiro atoms. The van der Waals surface area contributed by atoms with E-state index in [-0.39, 0.29) is 35.9 Å². The predicted octanol–water partition coefficient (Wildman–Crippen LogP) is 4.34. The van der Waals surface area contributed by atoms with E-state index < -0.39 is 22.0 Å². The molecule has 9 nitrogen and oxygen atoms in total. The lowest BCUT2D eigenvalue weighted by Crippen LogP contribution is -2.53. The van der Waals surface area contributed by atoms with Gasteiger partial charge in [-0.1, -0.05) is 13.8 Å². The molecule has 0 bridgehead atoms. The standard InChI is InChI=1S/C26H37N3O6S.ClH/c1-3-17-34-22-7-5-21(6-8-22)25(26(30)28-31)29(19-20-13-15-27-16-14-20)36(32,33)24-11-9-23(10-12-24)35-18-4-2;/h9-16,21-22,25,31H,3-8,17-19H2,1-2H3,(H,28,30);1H/t21-,22-,25-;/m1./s1. The molecule has 1 aromatic heterocycles. The van der Waals surface area contributed by atoms with E-state index in [0.717, 1.165) is 25.7 Å². The van der Waals surface area contributed by atoms with Crippen molar-refractivity contribution in [2.24, 2.45) is 5.92 Å². The maximum Gasteiger partial charge on any atom is 0.262 e. The number of sulfonamides is 1. The van der Waals surface area contributed by atoms with E-state index >= 15 is 0 Å². The van der Waals surface area contributed by atoms with Crippen molar-refractivity contribution in [1.29, 1.82) is 0 Å². The van der Waals surface area contributed by atoms with Crippen molar-refractivity contribution in [1.82, 2.24) is 14.8 Å². The molecule has 1 aromatic carbocycles. The summed E-state index contributed by atoms with van der Waals surface area (Å²) in [6, 6.07) is 8.55. The molecule has 1 aliphatic rings. The van der Waals surface area contributed by atoms with Gasteiger partial charge in [-0.05, 0) is 86.4 Å². The zero-order valence-corrected chi connectivity index (χ0v) is 23.0. The Bertz CT molecular complexity index is 1050. The van der Waals surface area contributed by atoms with Crippen LogP contribution >= 0.6 is 12.4 Å². The van der Waals surface area contributed by atoms with Crippen LogP contribution in [-0.4, -0.2) is 54.2 Å². The number of aromatic nitrogens is 1. The molecule has 1 fully saturated rings. The second kappa shape index (κ2) is 15.2. The summed E-state index contributed by atoms with van der Waals surface area (Å²) in [7, 11) is -4.11. The van der Waals surface area contributed by atoms with Crippen LogP contribution in [0, 0.1) is 5.92 Å². The van der Waals surface area contributed by atoms with Gasteiger partial charge in [-0.15, -0.1) is 12.4 Å². The van der Waals surface area contributed by atoms with Gasteiger partial charge in [-0.25, -0.2) is 13.9 Å². The first-order valence-electron chi connectivity index (χ1n) is 12.6. The summed E-state index contributed by atoms with van der Waals surface area (Å²) in [5.74, 6) is -0.442. The van der Waals surface area contributed by atoms with Crippen LogP contribution in [0.2, 0.25) is 0 Å². The van der Waals surface area contributed by atoms with Gasteiger partial charge >= 0.3 is 0 Å². The zero-order valence-electron chi connectivity index (χ0n) is 21.4. The topological polar surface area (TPSA) is 118 Å². The lowest BCUT2D eigenvalue weighted by Gasteiger charge is -2.38. The largest absolute Gasteiger partial charge is 0.494 e. The van der Waals surface area contributed by atoms with Gasteiger partial charge in [0, 0.05) is 25.5 Å². The minimum atomic E-state index is -4.11. The van der Waals surface area contributed by atoms with Crippen molar-refractivity contribution in [3.63, 3.8) is 0 Å². The SMILES string of the molecule is CCCOc1ccc(S(=O)(=O)N(Cc2ccncc2)[C@@H](C(=O)NO)[C@H]2CC[C@H](OCCC)CC2)cc1.Cl. The molecule has 2 aromatic rings. The number of rotatable bonds is 13. The number of ether oxygens (including phenoxy) is 2. The highest BCUT2D eigenvalue weighted by Gasteiger charge is 2.42. The van der Waals surface area contributed by atoms with Crippen LogP contribution in [0.25, 0.3) is 0 Å². The normalized spacial score (nSPS) is 18.6. The molecule has 0 radical (unpaired) electrons. The first-order chi connectivity index (χ1) is 17.4. The quantitative estimate of drug-likeness (QED) is 0.279. The van der Waals surface area contributed by atoms with Crippen LogP contribution in [-0.2, 0) is 26.1 Å². The molecule has 1 atom stereocenters. The van der Waals surface area contributed by atoms with Crippen LogP contribution in [0.15, 0.2) is 53.7 Å². The summed E-state index contributed by atoms with van der Waals surface area (Å²) in [6.45, 7) is 5.21. The van der Waals surface area contributed by atoms with E-state index in [4.69, 9.17) is 9.47 Å². The lowest BCUT2D eigenvalue weighted by atomic mass is 9.82. The highest BCUT2D eigenvalue weighted by molar-refractivity contribution is 7.89. The number of hydroxylamine groups is 1. The van der Waals surface area contributed by atoms with Crippen molar-refractivity contribution < 1.29 is 27.9 Å². The molecule has 1 aliphatic carbocycles. The van der Waals surface area contributed by atoms with Gasteiger partial charge in [-0.3, -0.25) is 15.0 Å². The molecule has 206 valence electrons. The number of carbonyl (C=O) groups excluding carboxylic acids is 1. The van der Waals surface area contributed by atoms with Gasteiger partial charge in [0.25, 0.3) is 5.91 Å². The van der Waals surface area contributed by atoms with Gasteiger partial charge in [0.15, 0.2) is 0 Å². The Morgan fingerprint density at radius 1 is 1.05 bits per heavy atom. The molecule has 3 rings (SSSR count). The Kier molecular flexibility index (Phi) is 12.8. The number of hydrogen-bond acceptors (Lipinski definition) is 7. The third kappa shape index (κ3) is 8.38. The Labute approximate surface area is 226 Å². The Morgan fingerprint density at radius 2 is 1.68 bits per heavy atom. The first kappa shape index (κ1) is 31.0. The van der Waals surface area contributed by atoms with E-state index in [1.807, 2.05) is 6.92 Å². The van der Waals surface area contributed by atoms with Gasteiger partial charge in [0.1, 0.15) is 11.8 Å². The Morgan fingerprint density at radius 3 is 2.24 bits per heavy atom. The summed E-state index contributed by atoms with van der Waals surface area (Å²) in [5.41, 5.74) is 2.41. The van der Waals surface area contributed by atoms with Gasteiger partial charge in [0.2, 0.25) is 10.0 Å². The summed E-state index contributed by atoms with van der Waals surface area (Å²) in [6.07, 6.45) is 7.70. The Balaban J connectivity index is 0.00000481. The Hall–Kier alpha value is -2.24. The fourth-order valence-corrected chi connectivity index (χ4v) is 6.20. The fraction of sp³-hybridized carbons (Fsp3) is 0.538. The minimum absolute atomic E-state index is 0. The van der Waals surface area contributed by atoms with Crippen molar-refractivity contribution in [2.75, 3.05) is 13.2 Å². The molecule has 2 N–H and O–H groups in total. The molecule has 11 heteroatoms. The average molecular weight is 556 g/mol. The second-order valence-corrected chi connectivity index (χ2v) is 10.9. The highest BCUT2D eigenvalue weighted by atomic mass is 35.5. The molecule has 1 heterocycles. The fourth-order valence-electron chi connectivity index (χ4n) is 4.57. The first-order valence-corrected chi connectivity index (χ1v) is 14.0. The van der Waals surface area contributed by atoms with Gasteiger partial charge in [-0.2, -0.15) is 4.31 Å².